The summed E-state index contributed by atoms with van der Waals surface area (Å²) in [4.78, 5) is 8.52. The lowest BCUT2D eigenvalue weighted by molar-refractivity contribution is 0.859. The van der Waals surface area contributed by atoms with Crippen LogP contribution in [-0.2, 0) is 0 Å². The molecular weight excluding hydrogens is 222 g/mol. The van der Waals surface area contributed by atoms with Gasteiger partial charge in [-0.05, 0) is 29.3 Å². The molecule has 2 heterocycles. The molecule has 1 atom stereocenters. The maximum atomic E-state index is 6.23. The van der Waals surface area contributed by atoms with Crippen LogP contribution in [0, 0.1) is 0 Å². The maximum absolute atomic E-state index is 6.23. The van der Waals surface area contributed by atoms with Gasteiger partial charge in [-0.1, -0.05) is 24.3 Å². The molecule has 3 heteroatoms. The lowest BCUT2D eigenvalue weighted by atomic mass is 10.0. The lowest BCUT2D eigenvalue weighted by Gasteiger charge is -2.12. The zero-order valence-corrected chi connectivity index (χ0v) is 9.82. The van der Waals surface area contributed by atoms with Gasteiger partial charge in [0.25, 0.3) is 0 Å². The predicted molar refractivity (Wildman–Crippen MR) is 72.0 cm³/mol. The number of para-hydroxylation sites is 1. The van der Waals surface area contributed by atoms with E-state index in [9.17, 15) is 0 Å². The molecule has 3 nitrogen and oxygen atoms in total. The highest BCUT2D eigenvalue weighted by Gasteiger charge is 2.09. The van der Waals surface area contributed by atoms with Crippen LogP contribution in [0.2, 0.25) is 0 Å². The molecule has 0 spiro atoms. The quantitative estimate of drug-likeness (QED) is 0.743. The van der Waals surface area contributed by atoms with Crippen LogP contribution in [0.5, 0.6) is 0 Å². The molecule has 0 saturated carbocycles. The fourth-order valence-electron chi connectivity index (χ4n) is 2.01. The highest BCUT2D eigenvalue weighted by atomic mass is 14.7. The summed E-state index contributed by atoms with van der Waals surface area (Å²) in [5, 5.41) is 1.11. The van der Waals surface area contributed by atoms with Crippen LogP contribution >= 0.6 is 0 Å². The Morgan fingerprint density at radius 2 is 1.83 bits per heavy atom. The molecule has 0 amide bonds. The van der Waals surface area contributed by atoms with E-state index >= 15 is 0 Å². The van der Waals surface area contributed by atoms with Gasteiger partial charge in [0.2, 0.25) is 0 Å². The van der Waals surface area contributed by atoms with Crippen molar-refractivity contribution in [3.05, 3.63) is 72.2 Å². The predicted octanol–water partition coefficient (Wildman–Crippen LogP) is 2.68. The summed E-state index contributed by atoms with van der Waals surface area (Å²) in [5.41, 5.74) is 9.21. The first-order valence-corrected chi connectivity index (χ1v) is 5.85. The van der Waals surface area contributed by atoms with Crippen molar-refractivity contribution in [2.24, 2.45) is 5.73 Å². The van der Waals surface area contributed by atoms with Gasteiger partial charge < -0.3 is 5.73 Å². The van der Waals surface area contributed by atoms with E-state index in [-0.39, 0.29) is 6.04 Å². The Kier molecular flexibility index (Phi) is 2.74. The number of rotatable bonds is 2. The summed E-state index contributed by atoms with van der Waals surface area (Å²) in [6.07, 6.45) is 5.37. The second kappa shape index (κ2) is 4.55. The zero-order chi connectivity index (χ0) is 12.4. The molecular formula is C15H13N3. The van der Waals surface area contributed by atoms with Crippen molar-refractivity contribution >= 4 is 10.9 Å². The largest absolute Gasteiger partial charge is 0.320 e. The molecule has 18 heavy (non-hydrogen) atoms. The standard InChI is InChI=1S/C15H13N3/c16-15(12-5-3-7-17-9-12)13-8-11-4-1-2-6-14(11)18-10-13/h1-10,15H,16H2. The first-order chi connectivity index (χ1) is 8.84. The highest BCUT2D eigenvalue weighted by molar-refractivity contribution is 5.78. The van der Waals surface area contributed by atoms with Crippen LogP contribution in [0.3, 0.4) is 0 Å². The summed E-state index contributed by atoms with van der Waals surface area (Å²) < 4.78 is 0. The van der Waals surface area contributed by atoms with Gasteiger partial charge in [-0.15, -0.1) is 0 Å². The van der Waals surface area contributed by atoms with Gasteiger partial charge in [-0.25, -0.2) is 0 Å². The molecule has 2 aromatic heterocycles. The first-order valence-electron chi connectivity index (χ1n) is 5.85. The minimum atomic E-state index is -0.184. The van der Waals surface area contributed by atoms with Gasteiger partial charge in [0, 0.05) is 24.0 Å². The lowest BCUT2D eigenvalue weighted by Crippen LogP contribution is -2.12. The van der Waals surface area contributed by atoms with Gasteiger partial charge in [-0.3, -0.25) is 9.97 Å². The summed E-state index contributed by atoms with van der Waals surface area (Å²) in [6.45, 7) is 0. The number of aromatic nitrogens is 2. The van der Waals surface area contributed by atoms with E-state index in [0.29, 0.717) is 0 Å². The molecule has 0 aliphatic carbocycles. The average molecular weight is 235 g/mol. The van der Waals surface area contributed by atoms with E-state index in [2.05, 4.69) is 16.0 Å². The Labute approximate surface area is 105 Å². The third-order valence-electron chi connectivity index (χ3n) is 3.01. The Balaban J connectivity index is 2.04. The summed E-state index contributed by atoms with van der Waals surface area (Å²) in [7, 11) is 0. The fourth-order valence-corrected chi connectivity index (χ4v) is 2.01. The SMILES string of the molecule is NC(c1cccnc1)c1cnc2ccccc2c1. The van der Waals surface area contributed by atoms with Crippen molar-refractivity contribution in [1.29, 1.82) is 0 Å². The Bertz CT molecular complexity index is 665. The van der Waals surface area contributed by atoms with Crippen molar-refractivity contribution in [3.8, 4) is 0 Å². The van der Waals surface area contributed by atoms with Gasteiger partial charge in [-0.2, -0.15) is 0 Å². The fraction of sp³-hybridized carbons (Fsp3) is 0.0667. The van der Waals surface area contributed by atoms with Gasteiger partial charge >= 0.3 is 0 Å². The number of benzene rings is 1. The molecule has 3 rings (SSSR count). The van der Waals surface area contributed by atoms with Crippen LogP contribution in [-0.4, -0.2) is 9.97 Å². The number of pyridine rings is 2. The summed E-state index contributed by atoms with van der Waals surface area (Å²) in [5.74, 6) is 0. The topological polar surface area (TPSA) is 51.8 Å². The third-order valence-corrected chi connectivity index (χ3v) is 3.01. The minimum absolute atomic E-state index is 0.184. The number of fused-ring (bicyclic) bond motifs is 1. The third kappa shape index (κ3) is 1.96. The van der Waals surface area contributed by atoms with E-state index in [1.807, 2.05) is 42.6 Å². The van der Waals surface area contributed by atoms with Crippen LogP contribution in [0.4, 0.5) is 0 Å². The molecule has 0 fully saturated rings. The molecule has 2 N–H and O–H groups in total. The summed E-state index contributed by atoms with van der Waals surface area (Å²) in [6, 6.07) is 13.8. The van der Waals surface area contributed by atoms with Crippen LogP contribution in [0.15, 0.2) is 61.1 Å². The Hall–Kier alpha value is -2.26. The van der Waals surface area contributed by atoms with Gasteiger partial charge in [0.15, 0.2) is 0 Å². The minimum Gasteiger partial charge on any atom is -0.320 e. The Morgan fingerprint density at radius 1 is 0.944 bits per heavy atom. The summed E-state index contributed by atoms with van der Waals surface area (Å²) >= 11 is 0. The molecule has 3 aromatic rings. The molecule has 88 valence electrons. The van der Waals surface area contributed by atoms with Crippen LogP contribution in [0.1, 0.15) is 17.2 Å². The van der Waals surface area contributed by atoms with Crippen molar-refractivity contribution in [2.75, 3.05) is 0 Å². The number of nitrogens with zero attached hydrogens (tertiary/aromatic N) is 2. The van der Waals surface area contributed by atoms with Crippen molar-refractivity contribution in [1.82, 2.24) is 9.97 Å². The smallest absolute Gasteiger partial charge is 0.0702 e. The molecule has 0 aliphatic rings. The van der Waals surface area contributed by atoms with E-state index in [1.165, 1.54) is 0 Å². The maximum Gasteiger partial charge on any atom is 0.0702 e. The van der Waals surface area contributed by atoms with E-state index in [1.54, 1.807) is 12.4 Å². The first kappa shape index (κ1) is 10.9. The van der Waals surface area contributed by atoms with Crippen molar-refractivity contribution in [2.45, 2.75) is 6.04 Å². The molecule has 0 bridgehead atoms. The number of hydrogen-bond acceptors (Lipinski definition) is 3. The van der Waals surface area contributed by atoms with Gasteiger partial charge in [0.05, 0.1) is 11.6 Å². The highest BCUT2D eigenvalue weighted by Crippen LogP contribution is 2.21. The zero-order valence-electron chi connectivity index (χ0n) is 9.82. The van der Waals surface area contributed by atoms with Crippen LogP contribution in [0.25, 0.3) is 10.9 Å². The second-order valence-corrected chi connectivity index (χ2v) is 4.23. The molecule has 0 saturated heterocycles. The van der Waals surface area contributed by atoms with Crippen molar-refractivity contribution < 1.29 is 0 Å². The van der Waals surface area contributed by atoms with E-state index < -0.39 is 0 Å². The molecule has 1 aromatic carbocycles. The molecule has 0 aliphatic heterocycles. The van der Waals surface area contributed by atoms with Gasteiger partial charge in [0.1, 0.15) is 0 Å². The molecule has 0 radical (unpaired) electrons. The average Bonchev–Trinajstić information content (AvgIpc) is 2.47. The molecule has 1 unspecified atom stereocenters. The number of hydrogen-bond donors (Lipinski definition) is 1. The van der Waals surface area contributed by atoms with E-state index in [4.69, 9.17) is 5.73 Å². The van der Waals surface area contributed by atoms with Crippen LogP contribution < -0.4 is 5.73 Å². The Morgan fingerprint density at radius 3 is 2.67 bits per heavy atom. The monoisotopic (exact) mass is 235 g/mol. The normalized spacial score (nSPS) is 12.5. The van der Waals surface area contributed by atoms with E-state index in [0.717, 1.165) is 22.0 Å². The number of nitrogens with two attached hydrogens (primary N) is 1. The van der Waals surface area contributed by atoms with Crippen molar-refractivity contribution in [3.63, 3.8) is 0 Å². The second-order valence-electron chi connectivity index (χ2n) is 4.23.